The summed E-state index contributed by atoms with van der Waals surface area (Å²) in [5.74, 6) is 1.64. The first-order chi connectivity index (χ1) is 19.5. The lowest BCUT2D eigenvalue weighted by Gasteiger charge is -2.24. The van der Waals surface area contributed by atoms with Crippen molar-refractivity contribution in [2.45, 2.75) is 26.7 Å². The Balaban J connectivity index is 1.34. The molecule has 0 aliphatic carbocycles. The van der Waals surface area contributed by atoms with Crippen LogP contribution in [0.15, 0.2) is 84.9 Å². The lowest BCUT2D eigenvalue weighted by atomic mass is 10.1. The number of para-hydroxylation sites is 2. The van der Waals surface area contributed by atoms with Gasteiger partial charge in [-0.05, 0) is 50.1 Å². The highest BCUT2D eigenvalue weighted by molar-refractivity contribution is 5.91. The number of carbonyl (C=O) groups excluding carboxylic acids is 1. The molecule has 0 atom stereocenters. The summed E-state index contributed by atoms with van der Waals surface area (Å²) in [5, 5.41) is 8.88. The minimum atomic E-state index is -0.0750. The van der Waals surface area contributed by atoms with Crippen LogP contribution >= 0.6 is 0 Å². The molecule has 202 valence electrons. The van der Waals surface area contributed by atoms with Crippen molar-refractivity contribution >= 4 is 28.6 Å². The van der Waals surface area contributed by atoms with Gasteiger partial charge in [-0.15, -0.1) is 0 Å². The van der Waals surface area contributed by atoms with E-state index in [1.807, 2.05) is 77.2 Å². The highest BCUT2D eigenvalue weighted by atomic mass is 16.2. The number of carbonyl (C=O) groups is 1. The summed E-state index contributed by atoms with van der Waals surface area (Å²) in [6, 6.07) is 28.2. The summed E-state index contributed by atoms with van der Waals surface area (Å²) in [6.45, 7) is 6.86. The molecule has 40 heavy (non-hydrogen) atoms. The number of urea groups is 1. The van der Waals surface area contributed by atoms with E-state index in [4.69, 9.17) is 15.1 Å². The van der Waals surface area contributed by atoms with Crippen molar-refractivity contribution in [2.75, 3.05) is 36.4 Å². The first-order valence-corrected chi connectivity index (χ1v) is 13.8. The number of nitrogens with zero attached hydrogens (tertiary/aromatic N) is 6. The second-order valence-corrected chi connectivity index (χ2v) is 10.3. The predicted octanol–water partition coefficient (Wildman–Crippen LogP) is 5.77. The van der Waals surface area contributed by atoms with E-state index in [0.717, 1.165) is 58.3 Å². The van der Waals surface area contributed by atoms with Crippen molar-refractivity contribution in [3.05, 3.63) is 108 Å². The Morgan fingerprint density at radius 2 is 1.55 bits per heavy atom. The second kappa shape index (κ2) is 11.2. The van der Waals surface area contributed by atoms with Gasteiger partial charge in [0.1, 0.15) is 11.6 Å². The van der Waals surface area contributed by atoms with Crippen molar-refractivity contribution < 1.29 is 4.79 Å². The van der Waals surface area contributed by atoms with Gasteiger partial charge in [-0.1, -0.05) is 66.2 Å². The molecule has 5 aromatic rings. The summed E-state index contributed by atoms with van der Waals surface area (Å²) in [4.78, 5) is 27.4. The Kier molecular flexibility index (Phi) is 7.14. The van der Waals surface area contributed by atoms with Crippen LogP contribution in [0.4, 0.5) is 16.3 Å². The molecule has 1 aliphatic rings. The topological polar surface area (TPSA) is 79.2 Å². The fourth-order valence-corrected chi connectivity index (χ4v) is 5.21. The maximum atomic E-state index is 13.0. The molecule has 3 heterocycles. The molecule has 0 unspecified atom stereocenters. The molecule has 0 saturated carbocycles. The molecule has 8 heteroatoms. The molecule has 1 aliphatic heterocycles. The first-order valence-electron chi connectivity index (χ1n) is 13.8. The lowest BCUT2D eigenvalue weighted by molar-refractivity contribution is 0.215. The highest BCUT2D eigenvalue weighted by Crippen LogP contribution is 2.30. The number of rotatable bonds is 5. The molecule has 0 spiro atoms. The molecular weight excluding hydrogens is 498 g/mol. The summed E-state index contributed by atoms with van der Waals surface area (Å²) in [6.07, 6.45) is 1.47. The first kappa shape index (κ1) is 25.6. The van der Waals surface area contributed by atoms with Crippen LogP contribution in [0.25, 0.3) is 16.7 Å². The predicted molar refractivity (Wildman–Crippen MR) is 159 cm³/mol. The van der Waals surface area contributed by atoms with Gasteiger partial charge in [0.2, 0.25) is 0 Å². The zero-order valence-corrected chi connectivity index (χ0v) is 22.9. The number of aryl methyl sites for hydroxylation is 2. The molecule has 2 aromatic heterocycles. The van der Waals surface area contributed by atoms with Crippen molar-refractivity contribution in [2.24, 2.45) is 0 Å². The summed E-state index contributed by atoms with van der Waals surface area (Å²) in [5.41, 5.74) is 5.85. The van der Waals surface area contributed by atoms with Gasteiger partial charge < -0.3 is 15.1 Å². The number of hydrogen-bond acceptors (Lipinski definition) is 5. The summed E-state index contributed by atoms with van der Waals surface area (Å²) < 4.78 is 1.92. The highest BCUT2D eigenvalue weighted by Gasteiger charge is 2.25. The SMILES string of the molecule is Cc1ccc(Cc2nc(N3CCCN(C(=O)Nc4ccccc4)CC3)c3c(C)nn(-c4ccccc4)c3n2)cc1. The normalized spacial score (nSPS) is 13.8. The molecule has 8 nitrogen and oxygen atoms in total. The van der Waals surface area contributed by atoms with Crippen LogP contribution < -0.4 is 10.2 Å². The van der Waals surface area contributed by atoms with Crippen molar-refractivity contribution in [1.82, 2.24) is 24.6 Å². The van der Waals surface area contributed by atoms with E-state index in [9.17, 15) is 4.79 Å². The van der Waals surface area contributed by atoms with Crippen LogP contribution in [0.1, 0.15) is 29.1 Å². The lowest BCUT2D eigenvalue weighted by Crippen LogP contribution is -2.38. The molecule has 2 amide bonds. The molecule has 0 bridgehead atoms. The van der Waals surface area contributed by atoms with Gasteiger partial charge in [-0.3, -0.25) is 0 Å². The minimum Gasteiger partial charge on any atom is -0.354 e. The smallest absolute Gasteiger partial charge is 0.321 e. The Hall–Kier alpha value is -4.72. The quantitative estimate of drug-likeness (QED) is 0.312. The third-order valence-corrected chi connectivity index (χ3v) is 7.32. The number of anilines is 2. The average Bonchev–Trinajstić information content (AvgIpc) is 3.14. The molecule has 3 aromatic carbocycles. The van der Waals surface area contributed by atoms with E-state index in [1.54, 1.807) is 0 Å². The Morgan fingerprint density at radius 3 is 2.30 bits per heavy atom. The van der Waals surface area contributed by atoms with Crippen LogP contribution in [0.5, 0.6) is 0 Å². The molecule has 1 saturated heterocycles. The van der Waals surface area contributed by atoms with E-state index in [1.165, 1.54) is 5.56 Å². The fraction of sp³-hybridized carbons (Fsp3) is 0.250. The van der Waals surface area contributed by atoms with E-state index >= 15 is 0 Å². The standard InChI is InChI=1S/C32H33N7O/c1-23-14-16-25(17-15-23)22-28-34-30(29-24(2)36-39(31(29)35-28)27-12-7-4-8-13-27)37-18-9-19-38(21-20-37)32(40)33-26-10-5-3-6-11-26/h3-8,10-17H,9,18-22H2,1-2H3,(H,33,40). The van der Waals surface area contributed by atoms with Crippen LogP contribution in [0.2, 0.25) is 0 Å². The van der Waals surface area contributed by atoms with Crippen LogP contribution in [-0.2, 0) is 6.42 Å². The zero-order valence-electron chi connectivity index (χ0n) is 22.9. The molecule has 1 fully saturated rings. The van der Waals surface area contributed by atoms with Gasteiger partial charge in [0.15, 0.2) is 5.65 Å². The van der Waals surface area contributed by atoms with Crippen LogP contribution in [-0.4, -0.2) is 56.9 Å². The van der Waals surface area contributed by atoms with Gasteiger partial charge >= 0.3 is 6.03 Å². The minimum absolute atomic E-state index is 0.0750. The molecular formula is C32H33N7O. The summed E-state index contributed by atoms with van der Waals surface area (Å²) >= 11 is 0. The number of amides is 2. The Morgan fingerprint density at radius 1 is 0.825 bits per heavy atom. The third-order valence-electron chi connectivity index (χ3n) is 7.32. The second-order valence-electron chi connectivity index (χ2n) is 10.3. The van der Waals surface area contributed by atoms with Crippen molar-refractivity contribution in [1.29, 1.82) is 0 Å². The Bertz CT molecular complexity index is 1610. The van der Waals surface area contributed by atoms with Gasteiger partial charge in [0.05, 0.1) is 16.8 Å². The molecule has 0 radical (unpaired) electrons. The monoisotopic (exact) mass is 531 g/mol. The van der Waals surface area contributed by atoms with E-state index in [0.29, 0.717) is 26.1 Å². The number of aromatic nitrogens is 4. The van der Waals surface area contributed by atoms with Crippen molar-refractivity contribution in [3.63, 3.8) is 0 Å². The van der Waals surface area contributed by atoms with E-state index in [-0.39, 0.29) is 6.03 Å². The maximum absolute atomic E-state index is 13.0. The average molecular weight is 532 g/mol. The molecule has 1 N–H and O–H groups in total. The van der Waals surface area contributed by atoms with Crippen LogP contribution in [0.3, 0.4) is 0 Å². The van der Waals surface area contributed by atoms with Gasteiger partial charge in [0.25, 0.3) is 0 Å². The van der Waals surface area contributed by atoms with E-state index in [2.05, 4.69) is 41.4 Å². The number of hydrogen-bond donors (Lipinski definition) is 1. The summed E-state index contributed by atoms with van der Waals surface area (Å²) in [7, 11) is 0. The number of nitrogens with one attached hydrogen (secondary N) is 1. The van der Waals surface area contributed by atoms with Gasteiger partial charge in [-0.2, -0.15) is 5.10 Å². The number of fused-ring (bicyclic) bond motifs is 1. The Labute approximate surface area is 234 Å². The number of benzene rings is 3. The van der Waals surface area contributed by atoms with E-state index < -0.39 is 0 Å². The van der Waals surface area contributed by atoms with Crippen molar-refractivity contribution in [3.8, 4) is 5.69 Å². The van der Waals surface area contributed by atoms with Gasteiger partial charge in [0, 0.05) is 38.3 Å². The van der Waals surface area contributed by atoms with Gasteiger partial charge in [-0.25, -0.2) is 19.4 Å². The molecule has 6 rings (SSSR count). The maximum Gasteiger partial charge on any atom is 0.321 e. The zero-order chi connectivity index (χ0) is 27.5. The third kappa shape index (κ3) is 5.38. The largest absolute Gasteiger partial charge is 0.354 e. The van der Waals surface area contributed by atoms with Crippen LogP contribution in [0, 0.1) is 13.8 Å². The fourth-order valence-electron chi connectivity index (χ4n) is 5.21.